The van der Waals surface area contributed by atoms with Crippen molar-refractivity contribution in [2.45, 2.75) is 25.9 Å². The van der Waals surface area contributed by atoms with Crippen LogP contribution < -0.4 is 11.3 Å². The molecule has 6 nitrogen and oxygen atoms in total. The average Bonchev–Trinajstić information content (AvgIpc) is 2.46. The number of rotatable bonds is 3. The largest absolute Gasteiger partial charge is 0.381 e. The number of piperidine rings is 1. The summed E-state index contributed by atoms with van der Waals surface area (Å²) in [6.45, 7) is 3.27. The molecule has 1 aromatic rings. The van der Waals surface area contributed by atoms with E-state index >= 15 is 0 Å². The molecule has 0 spiro atoms. The number of hydrogen-bond donors (Lipinski definition) is 2. The third-order valence-corrected chi connectivity index (χ3v) is 3.49. The minimum Gasteiger partial charge on any atom is -0.381 e. The molecular formula is C13H20N4O2. The van der Waals surface area contributed by atoms with E-state index in [1.807, 2.05) is 11.8 Å². The molecule has 1 fully saturated rings. The van der Waals surface area contributed by atoms with Gasteiger partial charge in [0.15, 0.2) is 0 Å². The van der Waals surface area contributed by atoms with Crippen molar-refractivity contribution in [1.29, 1.82) is 0 Å². The Bertz CT molecular complexity index is 456. The van der Waals surface area contributed by atoms with Crippen LogP contribution in [0.5, 0.6) is 0 Å². The Morgan fingerprint density at radius 2 is 2.21 bits per heavy atom. The van der Waals surface area contributed by atoms with Crippen LogP contribution in [-0.4, -0.2) is 42.1 Å². The fourth-order valence-electron chi connectivity index (χ4n) is 2.31. The lowest BCUT2D eigenvalue weighted by atomic mass is 10.1. The van der Waals surface area contributed by atoms with E-state index in [4.69, 9.17) is 10.6 Å². The van der Waals surface area contributed by atoms with Gasteiger partial charge in [0.25, 0.3) is 5.91 Å². The first-order valence-corrected chi connectivity index (χ1v) is 6.41. The Kier molecular flexibility index (Phi) is 4.34. The number of pyridine rings is 1. The fraction of sp³-hybridized carbons (Fsp3) is 0.538. The van der Waals surface area contributed by atoms with Crippen molar-refractivity contribution in [3.05, 3.63) is 23.5 Å². The van der Waals surface area contributed by atoms with Crippen LogP contribution in [0.4, 0.5) is 5.69 Å². The summed E-state index contributed by atoms with van der Waals surface area (Å²) in [5.74, 6) is 5.43. The number of ether oxygens (including phenoxy) is 1. The van der Waals surface area contributed by atoms with Crippen LogP contribution in [0.15, 0.2) is 12.3 Å². The molecule has 3 N–H and O–H groups in total. The highest BCUT2D eigenvalue weighted by atomic mass is 16.5. The number of hydrazine groups is 1. The van der Waals surface area contributed by atoms with Crippen LogP contribution in [0, 0.1) is 6.92 Å². The number of aryl methyl sites for hydroxylation is 1. The molecule has 19 heavy (non-hydrogen) atoms. The molecule has 1 amide bonds. The number of nitrogens with zero attached hydrogens (tertiary/aromatic N) is 2. The van der Waals surface area contributed by atoms with Gasteiger partial charge in [0.2, 0.25) is 0 Å². The van der Waals surface area contributed by atoms with Crippen LogP contribution in [-0.2, 0) is 4.74 Å². The van der Waals surface area contributed by atoms with Gasteiger partial charge in [-0.15, -0.1) is 0 Å². The highest BCUT2D eigenvalue weighted by Crippen LogP contribution is 2.20. The number of amides is 1. The van der Waals surface area contributed by atoms with E-state index in [1.54, 1.807) is 19.4 Å². The van der Waals surface area contributed by atoms with E-state index in [2.05, 4.69) is 10.4 Å². The summed E-state index contributed by atoms with van der Waals surface area (Å²) in [6, 6.07) is 1.77. The van der Waals surface area contributed by atoms with Crippen molar-refractivity contribution in [3.8, 4) is 0 Å². The molecule has 6 heteroatoms. The highest BCUT2D eigenvalue weighted by Gasteiger charge is 2.25. The third-order valence-electron chi connectivity index (χ3n) is 3.49. The maximum atomic E-state index is 12.4. The van der Waals surface area contributed by atoms with E-state index in [1.165, 1.54) is 0 Å². The summed E-state index contributed by atoms with van der Waals surface area (Å²) >= 11 is 0. The first-order valence-electron chi connectivity index (χ1n) is 6.41. The van der Waals surface area contributed by atoms with Gasteiger partial charge >= 0.3 is 0 Å². The minimum atomic E-state index is -0.0324. The molecule has 104 valence electrons. The number of carbonyl (C=O) groups excluding carboxylic acids is 1. The van der Waals surface area contributed by atoms with Crippen molar-refractivity contribution < 1.29 is 9.53 Å². The Balaban J connectivity index is 2.12. The highest BCUT2D eigenvalue weighted by molar-refractivity contribution is 5.99. The number of methoxy groups -OCH3 is 1. The zero-order valence-electron chi connectivity index (χ0n) is 11.3. The summed E-state index contributed by atoms with van der Waals surface area (Å²) in [4.78, 5) is 18.4. The molecule has 1 saturated heterocycles. The van der Waals surface area contributed by atoms with E-state index < -0.39 is 0 Å². The molecule has 0 atom stereocenters. The summed E-state index contributed by atoms with van der Waals surface area (Å²) in [5, 5.41) is 0. The lowest BCUT2D eigenvalue weighted by Gasteiger charge is -2.31. The number of likely N-dealkylation sites (tertiary alicyclic amines) is 1. The van der Waals surface area contributed by atoms with Crippen LogP contribution >= 0.6 is 0 Å². The molecule has 2 rings (SSSR count). The van der Waals surface area contributed by atoms with Gasteiger partial charge in [-0.1, -0.05) is 0 Å². The van der Waals surface area contributed by atoms with Crippen molar-refractivity contribution in [2.24, 2.45) is 5.84 Å². The summed E-state index contributed by atoms with van der Waals surface area (Å²) < 4.78 is 5.30. The van der Waals surface area contributed by atoms with Crippen LogP contribution in [0.1, 0.15) is 28.9 Å². The molecule has 0 saturated carbocycles. The Hall–Kier alpha value is -1.66. The predicted molar refractivity (Wildman–Crippen MR) is 72.7 cm³/mol. The molecular weight excluding hydrogens is 244 g/mol. The van der Waals surface area contributed by atoms with Gasteiger partial charge in [-0.3, -0.25) is 15.6 Å². The third kappa shape index (κ3) is 3.02. The van der Waals surface area contributed by atoms with Gasteiger partial charge in [-0.2, -0.15) is 0 Å². The van der Waals surface area contributed by atoms with Crippen molar-refractivity contribution in [2.75, 3.05) is 25.6 Å². The van der Waals surface area contributed by atoms with Gasteiger partial charge in [0, 0.05) is 32.1 Å². The van der Waals surface area contributed by atoms with Gasteiger partial charge in [-0.05, 0) is 25.8 Å². The van der Waals surface area contributed by atoms with Crippen LogP contribution in [0.3, 0.4) is 0 Å². The number of anilines is 1. The van der Waals surface area contributed by atoms with Crippen molar-refractivity contribution in [3.63, 3.8) is 0 Å². The molecule has 0 aliphatic carbocycles. The Morgan fingerprint density at radius 1 is 1.53 bits per heavy atom. The average molecular weight is 264 g/mol. The number of hydrogen-bond acceptors (Lipinski definition) is 5. The SMILES string of the molecule is COC1CCN(C(=O)c2cnc(C)cc2NN)CC1. The number of carbonyl (C=O) groups is 1. The summed E-state index contributed by atoms with van der Waals surface area (Å²) in [6.07, 6.45) is 3.57. The number of aromatic nitrogens is 1. The maximum absolute atomic E-state index is 12.4. The predicted octanol–water partition coefficient (Wildman–Crippen LogP) is 0.927. The molecule has 0 unspecified atom stereocenters. The molecule has 0 aromatic carbocycles. The van der Waals surface area contributed by atoms with E-state index in [0.717, 1.165) is 18.5 Å². The number of nitrogen functional groups attached to an aromatic ring is 1. The zero-order chi connectivity index (χ0) is 13.8. The fourth-order valence-corrected chi connectivity index (χ4v) is 2.31. The van der Waals surface area contributed by atoms with E-state index in [9.17, 15) is 4.79 Å². The van der Waals surface area contributed by atoms with E-state index in [0.29, 0.717) is 24.3 Å². The van der Waals surface area contributed by atoms with Crippen LogP contribution in [0.2, 0.25) is 0 Å². The molecule has 1 aromatic heterocycles. The monoisotopic (exact) mass is 264 g/mol. The molecule has 1 aliphatic rings. The second-order valence-corrected chi connectivity index (χ2v) is 4.74. The van der Waals surface area contributed by atoms with Gasteiger partial charge < -0.3 is 15.1 Å². The topological polar surface area (TPSA) is 80.5 Å². The first kappa shape index (κ1) is 13.8. The second-order valence-electron chi connectivity index (χ2n) is 4.74. The molecule has 0 bridgehead atoms. The maximum Gasteiger partial charge on any atom is 0.257 e. The summed E-state index contributed by atoms with van der Waals surface area (Å²) in [5.41, 5.74) is 4.52. The normalized spacial score (nSPS) is 16.5. The molecule has 0 radical (unpaired) electrons. The Morgan fingerprint density at radius 3 is 2.79 bits per heavy atom. The smallest absolute Gasteiger partial charge is 0.257 e. The van der Waals surface area contributed by atoms with Crippen LogP contribution in [0.25, 0.3) is 0 Å². The Labute approximate surface area is 112 Å². The molecule has 2 heterocycles. The van der Waals surface area contributed by atoms with Crippen molar-refractivity contribution >= 4 is 11.6 Å². The summed E-state index contributed by atoms with van der Waals surface area (Å²) in [7, 11) is 1.71. The van der Waals surface area contributed by atoms with Gasteiger partial charge in [0.1, 0.15) is 0 Å². The lowest BCUT2D eigenvalue weighted by molar-refractivity contribution is 0.0351. The standard InChI is InChI=1S/C13H20N4O2/c1-9-7-12(16-14)11(8-15-9)13(18)17-5-3-10(19-2)4-6-17/h7-8,10H,3-6,14H2,1-2H3,(H,15,16). The van der Waals surface area contributed by atoms with Gasteiger partial charge in [0.05, 0.1) is 17.4 Å². The van der Waals surface area contributed by atoms with Crippen molar-refractivity contribution in [1.82, 2.24) is 9.88 Å². The quantitative estimate of drug-likeness (QED) is 0.627. The lowest BCUT2D eigenvalue weighted by Crippen LogP contribution is -2.41. The second kappa shape index (κ2) is 5.99. The van der Waals surface area contributed by atoms with Gasteiger partial charge in [-0.25, -0.2) is 0 Å². The first-order chi connectivity index (χ1) is 9.15. The zero-order valence-corrected chi connectivity index (χ0v) is 11.3. The minimum absolute atomic E-state index is 0.0324. The van der Waals surface area contributed by atoms with E-state index in [-0.39, 0.29) is 12.0 Å². The number of nitrogens with two attached hydrogens (primary N) is 1. The number of nitrogens with one attached hydrogen (secondary N) is 1. The molecule has 1 aliphatic heterocycles.